The topological polar surface area (TPSA) is 61.1 Å². The lowest BCUT2D eigenvalue weighted by Gasteiger charge is -2.18. The zero-order valence-electron chi connectivity index (χ0n) is 8.82. The second-order valence-corrected chi connectivity index (χ2v) is 5.31. The van der Waals surface area contributed by atoms with Crippen molar-refractivity contribution in [2.75, 3.05) is 0 Å². The maximum Gasteiger partial charge on any atom is 0.319 e. The molecule has 0 atom stereocenters. The van der Waals surface area contributed by atoms with E-state index in [1.807, 2.05) is 0 Å². The molecule has 0 spiro atoms. The van der Waals surface area contributed by atoms with E-state index in [1.165, 1.54) is 32.0 Å². The average Bonchev–Trinajstić information content (AvgIpc) is 2.17. The highest BCUT2D eigenvalue weighted by Crippen LogP contribution is 2.35. The molecule has 84 valence electrons. The summed E-state index contributed by atoms with van der Waals surface area (Å²) in [5.41, 5.74) is -0.109. The van der Waals surface area contributed by atoms with Gasteiger partial charge in [0.25, 0.3) is 0 Å². The summed E-state index contributed by atoms with van der Waals surface area (Å²) < 4.78 is 12.1. The fourth-order valence-corrected chi connectivity index (χ4v) is 2.05. The summed E-state index contributed by atoms with van der Waals surface area (Å²) in [5.74, 6) is -1.64. The Balaban J connectivity index is 3.13. The predicted octanol–water partition coefficient (Wildman–Crippen LogP) is 2.65. The third-order valence-corrected chi connectivity index (χ3v) is 3.21. The van der Waals surface area contributed by atoms with Crippen molar-refractivity contribution in [3.63, 3.8) is 0 Å². The van der Waals surface area contributed by atoms with Crippen LogP contribution in [0.5, 0.6) is 0 Å². The molecule has 1 aromatic rings. The Morgan fingerprint density at radius 2 is 2.19 bits per heavy atom. The first-order chi connectivity index (χ1) is 7.38. The van der Waals surface area contributed by atoms with E-state index in [4.69, 9.17) is 10.4 Å². The van der Waals surface area contributed by atoms with E-state index in [9.17, 15) is 9.18 Å². The number of nitrogens with zero attached hydrogens (tertiary/aromatic N) is 1. The zero-order valence-corrected chi connectivity index (χ0v) is 9.64. The first-order valence-electron chi connectivity index (χ1n) is 4.49. The van der Waals surface area contributed by atoms with Crippen molar-refractivity contribution in [1.29, 1.82) is 5.26 Å². The van der Waals surface area contributed by atoms with Gasteiger partial charge in [-0.2, -0.15) is 5.26 Å². The van der Waals surface area contributed by atoms with E-state index in [-0.39, 0.29) is 5.56 Å². The summed E-state index contributed by atoms with van der Waals surface area (Å²) >= 11 is 0.957. The van der Waals surface area contributed by atoms with Crippen LogP contribution in [0.1, 0.15) is 19.4 Å². The Labute approximate surface area is 96.9 Å². The van der Waals surface area contributed by atoms with Crippen LogP contribution in [0.2, 0.25) is 0 Å². The van der Waals surface area contributed by atoms with Crippen LogP contribution < -0.4 is 0 Å². The van der Waals surface area contributed by atoms with Crippen molar-refractivity contribution in [2.45, 2.75) is 23.5 Å². The Morgan fingerprint density at radius 1 is 1.56 bits per heavy atom. The van der Waals surface area contributed by atoms with Gasteiger partial charge in [-0.25, -0.2) is 4.39 Å². The lowest BCUT2D eigenvalue weighted by atomic mass is 10.2. The summed E-state index contributed by atoms with van der Waals surface area (Å²) in [6.07, 6.45) is 0. The van der Waals surface area contributed by atoms with Crippen molar-refractivity contribution in [1.82, 2.24) is 0 Å². The molecule has 0 aromatic heterocycles. The largest absolute Gasteiger partial charge is 0.480 e. The molecule has 0 fully saturated rings. The zero-order chi connectivity index (χ0) is 12.3. The Hall–Kier alpha value is -1.54. The molecule has 0 bridgehead atoms. The van der Waals surface area contributed by atoms with Crippen molar-refractivity contribution in [3.05, 3.63) is 29.6 Å². The molecule has 3 nitrogen and oxygen atoms in total. The average molecular weight is 239 g/mol. The molecule has 1 aromatic carbocycles. The standard InChI is InChI=1S/C11H10FNO2S/c1-11(2,10(14)15)16-9-5-3-4-8(12)7(9)6-13/h3-5H,1-2H3,(H,14,15). The molecule has 0 aliphatic rings. The Morgan fingerprint density at radius 3 is 2.69 bits per heavy atom. The molecule has 5 heteroatoms. The van der Waals surface area contributed by atoms with Gasteiger partial charge >= 0.3 is 5.97 Å². The van der Waals surface area contributed by atoms with Crippen molar-refractivity contribution >= 4 is 17.7 Å². The number of carbonyl (C=O) groups is 1. The fourth-order valence-electron chi connectivity index (χ4n) is 1.02. The number of carboxylic acids is 1. The number of rotatable bonds is 3. The third-order valence-electron chi connectivity index (χ3n) is 1.97. The summed E-state index contributed by atoms with van der Waals surface area (Å²) in [6, 6.07) is 5.91. The monoisotopic (exact) mass is 239 g/mol. The summed E-state index contributed by atoms with van der Waals surface area (Å²) in [7, 11) is 0. The summed E-state index contributed by atoms with van der Waals surface area (Å²) in [5, 5.41) is 17.7. The summed E-state index contributed by atoms with van der Waals surface area (Å²) in [6.45, 7) is 3.01. The normalized spacial score (nSPS) is 10.9. The number of nitriles is 1. The Bertz CT molecular complexity index is 466. The van der Waals surface area contributed by atoms with E-state index in [1.54, 1.807) is 6.07 Å². The molecule has 16 heavy (non-hydrogen) atoms. The highest BCUT2D eigenvalue weighted by Gasteiger charge is 2.29. The molecule has 0 saturated carbocycles. The minimum Gasteiger partial charge on any atom is -0.480 e. The van der Waals surface area contributed by atoms with E-state index in [2.05, 4.69) is 0 Å². The molecule has 0 aliphatic carbocycles. The van der Waals surface area contributed by atoms with E-state index >= 15 is 0 Å². The molecule has 0 heterocycles. The van der Waals surface area contributed by atoms with Gasteiger partial charge in [0.1, 0.15) is 22.2 Å². The molecule has 0 amide bonds. The lowest BCUT2D eigenvalue weighted by Crippen LogP contribution is -2.27. The van der Waals surface area contributed by atoms with E-state index < -0.39 is 16.5 Å². The molecular formula is C11H10FNO2S. The van der Waals surface area contributed by atoms with Gasteiger partial charge in [0, 0.05) is 4.90 Å². The first kappa shape index (κ1) is 12.5. The van der Waals surface area contributed by atoms with E-state index in [0.29, 0.717) is 4.90 Å². The van der Waals surface area contributed by atoms with Crippen molar-refractivity contribution in [3.8, 4) is 6.07 Å². The van der Waals surface area contributed by atoms with Crippen LogP contribution in [0, 0.1) is 17.1 Å². The predicted molar refractivity (Wildman–Crippen MR) is 58.7 cm³/mol. The second-order valence-electron chi connectivity index (χ2n) is 3.64. The fraction of sp³-hybridized carbons (Fsp3) is 0.273. The molecule has 0 radical (unpaired) electrons. The number of halogens is 1. The number of carboxylic acid groups (broad SMARTS) is 1. The van der Waals surface area contributed by atoms with Crippen LogP contribution in [-0.2, 0) is 4.79 Å². The molecular weight excluding hydrogens is 229 g/mol. The SMILES string of the molecule is CC(C)(Sc1cccc(F)c1C#N)C(=O)O. The quantitative estimate of drug-likeness (QED) is 0.824. The third kappa shape index (κ3) is 2.52. The molecule has 1 N–H and O–H groups in total. The van der Waals surface area contributed by atoms with Crippen LogP contribution >= 0.6 is 11.8 Å². The van der Waals surface area contributed by atoms with Gasteiger partial charge in [-0.1, -0.05) is 6.07 Å². The second kappa shape index (κ2) is 4.54. The number of thioether (sulfide) groups is 1. The number of hydrogen-bond acceptors (Lipinski definition) is 3. The number of hydrogen-bond donors (Lipinski definition) is 1. The number of aliphatic carboxylic acids is 1. The Kier molecular flexibility index (Phi) is 3.55. The smallest absolute Gasteiger partial charge is 0.319 e. The van der Waals surface area contributed by atoms with Gasteiger partial charge < -0.3 is 5.11 Å². The highest BCUT2D eigenvalue weighted by molar-refractivity contribution is 8.01. The van der Waals surface area contributed by atoms with Crippen LogP contribution in [0.15, 0.2) is 23.1 Å². The molecule has 0 unspecified atom stereocenters. The molecule has 0 saturated heterocycles. The lowest BCUT2D eigenvalue weighted by molar-refractivity contribution is -0.138. The van der Waals surface area contributed by atoms with Gasteiger partial charge in [-0.3, -0.25) is 4.79 Å². The van der Waals surface area contributed by atoms with Gasteiger partial charge in [-0.05, 0) is 26.0 Å². The van der Waals surface area contributed by atoms with Crippen molar-refractivity contribution < 1.29 is 14.3 Å². The summed E-state index contributed by atoms with van der Waals surface area (Å²) in [4.78, 5) is 11.3. The van der Waals surface area contributed by atoms with Crippen molar-refractivity contribution in [2.24, 2.45) is 0 Å². The first-order valence-corrected chi connectivity index (χ1v) is 5.31. The van der Waals surface area contributed by atoms with Gasteiger partial charge in [0.2, 0.25) is 0 Å². The van der Waals surface area contributed by atoms with Crippen LogP contribution in [0.4, 0.5) is 4.39 Å². The van der Waals surface area contributed by atoms with Gasteiger partial charge in [0.15, 0.2) is 0 Å². The maximum absolute atomic E-state index is 13.2. The molecule has 0 aliphatic heterocycles. The van der Waals surface area contributed by atoms with Gasteiger partial charge in [-0.15, -0.1) is 11.8 Å². The minimum absolute atomic E-state index is 0.109. The van der Waals surface area contributed by atoms with Crippen LogP contribution in [0.25, 0.3) is 0 Å². The van der Waals surface area contributed by atoms with Crippen LogP contribution in [0.3, 0.4) is 0 Å². The van der Waals surface area contributed by atoms with Gasteiger partial charge in [0.05, 0.1) is 0 Å². The highest BCUT2D eigenvalue weighted by atomic mass is 32.2. The maximum atomic E-state index is 13.2. The minimum atomic E-state index is -1.10. The van der Waals surface area contributed by atoms with Crippen LogP contribution in [-0.4, -0.2) is 15.8 Å². The molecule has 1 rings (SSSR count). The number of benzene rings is 1. The van der Waals surface area contributed by atoms with E-state index in [0.717, 1.165) is 11.8 Å².